The summed E-state index contributed by atoms with van der Waals surface area (Å²) in [5, 5.41) is 2.92. The summed E-state index contributed by atoms with van der Waals surface area (Å²) in [4.78, 5) is 15.3. The molecule has 2 aromatic carbocycles. The van der Waals surface area contributed by atoms with Gasteiger partial charge < -0.3 is 10.3 Å². The molecule has 2 N–H and O–H groups in total. The minimum Gasteiger partial charge on any atom is -0.353 e. The molecular weight excluding hydrogens is 358 g/mol. The summed E-state index contributed by atoms with van der Waals surface area (Å²) in [6, 6.07) is 8.90. The fourth-order valence-corrected chi connectivity index (χ4v) is 4.01. The van der Waals surface area contributed by atoms with E-state index in [-0.39, 0.29) is 17.4 Å². The number of nitrogens with one attached hydrogen (secondary N) is 2. The Morgan fingerprint density at radius 3 is 2.81 bits per heavy atom. The van der Waals surface area contributed by atoms with Gasteiger partial charge in [-0.1, -0.05) is 11.9 Å². The van der Waals surface area contributed by atoms with Crippen LogP contribution in [0.25, 0.3) is 11.0 Å². The van der Waals surface area contributed by atoms with Crippen molar-refractivity contribution < 1.29 is 8.78 Å². The second-order valence-electron chi connectivity index (χ2n) is 6.29. The van der Waals surface area contributed by atoms with Crippen LogP contribution < -0.4 is 11.0 Å². The van der Waals surface area contributed by atoms with Gasteiger partial charge in [-0.2, -0.15) is 0 Å². The molecule has 26 heavy (non-hydrogen) atoms. The molecule has 1 unspecified atom stereocenters. The molecule has 0 aliphatic carbocycles. The molecule has 1 fully saturated rings. The number of halogens is 2. The van der Waals surface area contributed by atoms with Gasteiger partial charge in [0.05, 0.1) is 22.8 Å². The van der Waals surface area contributed by atoms with Gasteiger partial charge in [-0.05, 0) is 43.0 Å². The minimum atomic E-state index is -0.667. The van der Waals surface area contributed by atoms with E-state index in [2.05, 4.69) is 14.6 Å². The average Bonchev–Trinajstić information content (AvgIpc) is 3.20. The molecule has 1 saturated heterocycles. The summed E-state index contributed by atoms with van der Waals surface area (Å²) in [7, 11) is 0. The van der Waals surface area contributed by atoms with Crippen LogP contribution in [0.2, 0.25) is 0 Å². The van der Waals surface area contributed by atoms with Crippen LogP contribution in [0.5, 0.6) is 0 Å². The highest BCUT2D eigenvalue weighted by Gasteiger charge is 2.26. The van der Waals surface area contributed by atoms with Crippen LogP contribution in [0.3, 0.4) is 0 Å². The molecule has 5 nitrogen and oxygen atoms in total. The van der Waals surface area contributed by atoms with Gasteiger partial charge in [0, 0.05) is 24.8 Å². The van der Waals surface area contributed by atoms with Gasteiger partial charge >= 0.3 is 5.69 Å². The minimum absolute atomic E-state index is 0.136. The van der Waals surface area contributed by atoms with E-state index in [9.17, 15) is 13.6 Å². The van der Waals surface area contributed by atoms with Crippen molar-refractivity contribution in [2.45, 2.75) is 12.5 Å². The average molecular weight is 376 g/mol. The largest absolute Gasteiger partial charge is 0.353 e. The van der Waals surface area contributed by atoms with E-state index in [4.69, 9.17) is 0 Å². The van der Waals surface area contributed by atoms with E-state index < -0.39 is 11.6 Å². The Balaban J connectivity index is 1.65. The molecule has 1 atom stereocenters. The highest BCUT2D eigenvalue weighted by molar-refractivity contribution is 7.96. The first-order valence-corrected chi connectivity index (χ1v) is 9.48. The number of aromatic amines is 1. The molecule has 8 heteroatoms. The van der Waals surface area contributed by atoms with Crippen LogP contribution in [0.15, 0.2) is 41.2 Å². The van der Waals surface area contributed by atoms with Crippen LogP contribution in [-0.4, -0.2) is 33.2 Å². The molecule has 0 saturated carbocycles. The highest BCUT2D eigenvalue weighted by atomic mass is 32.2. The molecule has 4 rings (SSSR count). The molecule has 1 aromatic heterocycles. The Kier molecular flexibility index (Phi) is 4.46. The van der Waals surface area contributed by atoms with Crippen LogP contribution in [-0.2, 0) is 0 Å². The van der Waals surface area contributed by atoms with Crippen LogP contribution in [0.1, 0.15) is 12.5 Å². The number of imidazole rings is 1. The van der Waals surface area contributed by atoms with E-state index in [1.54, 1.807) is 28.6 Å². The predicted molar refractivity (Wildman–Crippen MR) is 101 cm³/mol. The third kappa shape index (κ3) is 3.10. The van der Waals surface area contributed by atoms with Gasteiger partial charge in [-0.15, -0.1) is 0 Å². The Bertz CT molecular complexity index is 1020. The second-order valence-corrected chi connectivity index (χ2v) is 7.18. The number of anilines is 2. The summed E-state index contributed by atoms with van der Waals surface area (Å²) in [6.07, 6.45) is 2.96. The molecule has 1 aliphatic heterocycles. The summed E-state index contributed by atoms with van der Waals surface area (Å²) in [5.74, 6) is -1.29. The second kappa shape index (κ2) is 6.77. The molecule has 2 heterocycles. The number of fused-ring (bicyclic) bond motifs is 1. The molecule has 0 spiro atoms. The van der Waals surface area contributed by atoms with Gasteiger partial charge in [0.25, 0.3) is 0 Å². The number of hydrogen-bond acceptors (Lipinski definition) is 4. The zero-order chi connectivity index (χ0) is 18.3. The van der Waals surface area contributed by atoms with Crippen molar-refractivity contribution in [3.8, 4) is 0 Å². The lowest BCUT2D eigenvalue weighted by Crippen LogP contribution is -2.23. The monoisotopic (exact) mass is 376 g/mol. The van der Waals surface area contributed by atoms with Crippen LogP contribution in [0.4, 0.5) is 20.2 Å². The van der Waals surface area contributed by atoms with E-state index in [1.165, 1.54) is 12.1 Å². The van der Waals surface area contributed by atoms with E-state index in [0.717, 1.165) is 31.1 Å². The molecular formula is C18H18F2N4OS. The highest BCUT2D eigenvalue weighted by Crippen LogP contribution is 2.29. The molecule has 0 radical (unpaired) electrons. The Morgan fingerprint density at radius 2 is 2.08 bits per heavy atom. The summed E-state index contributed by atoms with van der Waals surface area (Å²) < 4.78 is 30.9. The molecule has 136 valence electrons. The van der Waals surface area contributed by atoms with Gasteiger partial charge in [0.1, 0.15) is 11.6 Å². The first-order chi connectivity index (χ1) is 12.5. The quantitative estimate of drug-likeness (QED) is 0.679. The van der Waals surface area contributed by atoms with Crippen molar-refractivity contribution >= 4 is 34.4 Å². The van der Waals surface area contributed by atoms with Crippen molar-refractivity contribution in [1.82, 2.24) is 13.9 Å². The van der Waals surface area contributed by atoms with Crippen LogP contribution >= 0.6 is 11.9 Å². The third-order valence-corrected chi connectivity index (χ3v) is 5.52. The van der Waals surface area contributed by atoms with Crippen molar-refractivity contribution in [2.75, 3.05) is 24.7 Å². The topological polar surface area (TPSA) is 53.1 Å². The summed E-state index contributed by atoms with van der Waals surface area (Å²) in [6.45, 7) is 1.78. The maximum absolute atomic E-state index is 13.8. The summed E-state index contributed by atoms with van der Waals surface area (Å²) in [5.41, 5.74) is 2.17. The van der Waals surface area contributed by atoms with E-state index in [1.807, 2.05) is 12.3 Å². The zero-order valence-corrected chi connectivity index (χ0v) is 14.9. The van der Waals surface area contributed by atoms with Gasteiger partial charge in [0.2, 0.25) is 0 Å². The lowest BCUT2D eigenvalue weighted by molar-refractivity contribution is 0.504. The number of H-pyrrole nitrogens is 1. The number of rotatable bonds is 4. The SMILES string of the molecule is CSN1CCC(n2c(=O)[nH]c3cc(Nc4ccc(F)cc4F)ccc32)C1. The molecule has 0 amide bonds. The molecule has 0 bridgehead atoms. The Labute approximate surface area is 153 Å². The maximum Gasteiger partial charge on any atom is 0.326 e. The van der Waals surface area contributed by atoms with E-state index >= 15 is 0 Å². The van der Waals surface area contributed by atoms with Crippen molar-refractivity contribution in [3.05, 3.63) is 58.5 Å². The van der Waals surface area contributed by atoms with E-state index in [0.29, 0.717) is 11.2 Å². The fourth-order valence-electron chi connectivity index (χ4n) is 3.40. The van der Waals surface area contributed by atoms with Gasteiger partial charge in [-0.25, -0.2) is 17.9 Å². The number of nitrogens with zero attached hydrogens (tertiary/aromatic N) is 2. The lowest BCUT2D eigenvalue weighted by Gasteiger charge is -2.14. The Morgan fingerprint density at radius 1 is 1.23 bits per heavy atom. The van der Waals surface area contributed by atoms with Crippen molar-refractivity contribution in [2.24, 2.45) is 0 Å². The number of aromatic nitrogens is 2. The fraction of sp³-hybridized carbons (Fsp3) is 0.278. The first kappa shape index (κ1) is 17.1. The third-order valence-electron chi connectivity index (χ3n) is 4.68. The predicted octanol–water partition coefficient (Wildman–Crippen LogP) is 3.88. The van der Waals surface area contributed by atoms with Crippen molar-refractivity contribution in [1.29, 1.82) is 0 Å². The van der Waals surface area contributed by atoms with Gasteiger partial charge in [-0.3, -0.25) is 4.57 Å². The zero-order valence-electron chi connectivity index (χ0n) is 14.1. The van der Waals surface area contributed by atoms with Gasteiger partial charge in [0.15, 0.2) is 0 Å². The normalized spacial score (nSPS) is 17.9. The Hall–Kier alpha value is -2.32. The maximum atomic E-state index is 13.8. The number of hydrogen-bond donors (Lipinski definition) is 2. The first-order valence-electron chi connectivity index (χ1n) is 8.30. The van der Waals surface area contributed by atoms with Crippen LogP contribution in [0, 0.1) is 11.6 Å². The molecule has 1 aliphatic rings. The standard InChI is InChI=1S/C18H18F2N4OS/c1-26-23-7-6-13(10-23)24-17-5-3-12(9-16(17)22-18(24)25)21-15-4-2-11(19)8-14(15)20/h2-5,8-9,13,21H,6-7,10H2,1H3,(H,22,25). The lowest BCUT2D eigenvalue weighted by atomic mass is 10.2. The summed E-state index contributed by atoms with van der Waals surface area (Å²) >= 11 is 1.69. The van der Waals surface area contributed by atoms with Crippen molar-refractivity contribution in [3.63, 3.8) is 0 Å². The smallest absolute Gasteiger partial charge is 0.326 e. The number of benzene rings is 2. The molecule has 3 aromatic rings.